The number of nitrogens with one attached hydrogen (secondary N) is 1. The molecular weight excluding hydrogens is 242 g/mol. The molecule has 0 spiro atoms. The molecule has 4 nitrogen and oxygen atoms in total. The number of rotatable bonds is 4. The first-order valence-electron chi connectivity index (χ1n) is 6.72. The van der Waals surface area contributed by atoms with Gasteiger partial charge in [0.1, 0.15) is 13.2 Å². The van der Waals surface area contributed by atoms with E-state index in [1.807, 2.05) is 32.9 Å². The second kappa shape index (κ2) is 5.95. The minimum atomic E-state index is 0.0873. The number of amides is 1. The van der Waals surface area contributed by atoms with E-state index in [1.165, 1.54) is 0 Å². The highest BCUT2D eigenvalue weighted by Crippen LogP contribution is 2.32. The molecule has 0 saturated heterocycles. The van der Waals surface area contributed by atoms with Crippen molar-refractivity contribution in [1.29, 1.82) is 0 Å². The van der Waals surface area contributed by atoms with E-state index in [9.17, 15) is 4.79 Å². The summed E-state index contributed by atoms with van der Waals surface area (Å²) in [5, 5.41) is 2.94. The predicted molar refractivity (Wildman–Crippen MR) is 73.5 cm³/mol. The van der Waals surface area contributed by atoms with E-state index in [0.29, 0.717) is 32.1 Å². The summed E-state index contributed by atoms with van der Waals surface area (Å²) in [5.41, 5.74) is 2.18. The van der Waals surface area contributed by atoms with Crippen molar-refractivity contribution >= 4 is 5.91 Å². The number of aryl methyl sites for hydroxylation is 1. The van der Waals surface area contributed by atoms with Gasteiger partial charge in [0.25, 0.3) is 0 Å². The largest absolute Gasteiger partial charge is 0.486 e. The number of carbonyl (C=O) groups excluding carboxylic acids is 1. The fraction of sp³-hybridized carbons (Fsp3) is 0.533. The summed E-state index contributed by atoms with van der Waals surface area (Å²) < 4.78 is 11.1. The van der Waals surface area contributed by atoms with Crippen LogP contribution >= 0.6 is 0 Å². The highest BCUT2D eigenvalue weighted by molar-refractivity contribution is 5.76. The SMILES string of the molecule is Cc1cc2c(cc1CNC(=O)CC(C)C)OCCO2. The van der Waals surface area contributed by atoms with E-state index in [4.69, 9.17) is 9.47 Å². The van der Waals surface area contributed by atoms with E-state index in [2.05, 4.69) is 5.32 Å². The summed E-state index contributed by atoms with van der Waals surface area (Å²) in [5.74, 6) is 2.02. The third-order valence-electron chi connectivity index (χ3n) is 3.07. The Labute approximate surface area is 114 Å². The van der Waals surface area contributed by atoms with Crippen LogP contribution in [0.2, 0.25) is 0 Å². The lowest BCUT2D eigenvalue weighted by Crippen LogP contribution is -2.24. The van der Waals surface area contributed by atoms with E-state index in [-0.39, 0.29) is 5.91 Å². The van der Waals surface area contributed by atoms with Gasteiger partial charge in [-0.05, 0) is 36.1 Å². The number of fused-ring (bicyclic) bond motifs is 1. The minimum Gasteiger partial charge on any atom is -0.486 e. The maximum atomic E-state index is 11.7. The van der Waals surface area contributed by atoms with E-state index in [1.54, 1.807) is 0 Å². The summed E-state index contributed by atoms with van der Waals surface area (Å²) in [4.78, 5) is 11.7. The van der Waals surface area contributed by atoms with Crippen molar-refractivity contribution in [3.05, 3.63) is 23.3 Å². The first kappa shape index (κ1) is 13.7. The standard InChI is InChI=1S/C15H21NO3/c1-10(2)6-15(17)16-9-12-8-14-13(7-11(12)3)18-4-5-19-14/h7-8,10H,4-6,9H2,1-3H3,(H,16,17). The van der Waals surface area contributed by atoms with E-state index in [0.717, 1.165) is 22.6 Å². The van der Waals surface area contributed by atoms with Gasteiger partial charge in [0.15, 0.2) is 11.5 Å². The molecule has 1 amide bonds. The van der Waals surface area contributed by atoms with Crippen LogP contribution in [-0.4, -0.2) is 19.1 Å². The number of hydrogen-bond donors (Lipinski definition) is 1. The molecule has 104 valence electrons. The predicted octanol–water partition coefficient (Wildman–Crippen LogP) is 2.43. The van der Waals surface area contributed by atoms with Gasteiger partial charge < -0.3 is 14.8 Å². The summed E-state index contributed by atoms with van der Waals surface area (Å²) in [6.45, 7) is 7.80. The van der Waals surface area contributed by atoms with Crippen LogP contribution in [0.5, 0.6) is 11.5 Å². The molecule has 1 N–H and O–H groups in total. The summed E-state index contributed by atoms with van der Waals surface area (Å²) in [7, 11) is 0. The zero-order chi connectivity index (χ0) is 13.8. The van der Waals surface area contributed by atoms with Crippen LogP contribution in [-0.2, 0) is 11.3 Å². The molecule has 0 unspecified atom stereocenters. The highest BCUT2D eigenvalue weighted by atomic mass is 16.6. The minimum absolute atomic E-state index is 0.0873. The maximum Gasteiger partial charge on any atom is 0.220 e. The van der Waals surface area contributed by atoms with Crippen molar-refractivity contribution < 1.29 is 14.3 Å². The molecule has 2 rings (SSSR count). The lowest BCUT2D eigenvalue weighted by molar-refractivity contribution is -0.121. The van der Waals surface area contributed by atoms with Gasteiger partial charge in [-0.25, -0.2) is 0 Å². The van der Waals surface area contributed by atoms with Crippen LogP contribution in [0.3, 0.4) is 0 Å². The van der Waals surface area contributed by atoms with Crippen LogP contribution in [0.1, 0.15) is 31.4 Å². The normalized spacial score (nSPS) is 13.5. The zero-order valence-electron chi connectivity index (χ0n) is 11.8. The molecule has 0 aliphatic carbocycles. The van der Waals surface area contributed by atoms with Gasteiger partial charge in [0.2, 0.25) is 5.91 Å². The molecule has 0 fully saturated rings. The quantitative estimate of drug-likeness (QED) is 0.907. The highest BCUT2D eigenvalue weighted by Gasteiger charge is 2.14. The molecule has 1 aromatic carbocycles. The smallest absolute Gasteiger partial charge is 0.220 e. The lowest BCUT2D eigenvalue weighted by Gasteiger charge is -2.20. The Bertz CT molecular complexity index is 469. The summed E-state index contributed by atoms with van der Waals surface area (Å²) in [6, 6.07) is 3.93. The molecule has 1 aliphatic heterocycles. The first-order chi connectivity index (χ1) is 9.06. The molecule has 4 heteroatoms. The van der Waals surface area contributed by atoms with Crippen LogP contribution in [0.25, 0.3) is 0 Å². The van der Waals surface area contributed by atoms with Crippen molar-refractivity contribution in [2.45, 2.75) is 33.7 Å². The van der Waals surface area contributed by atoms with Gasteiger partial charge in [0, 0.05) is 13.0 Å². The maximum absolute atomic E-state index is 11.7. The molecule has 0 saturated carbocycles. The van der Waals surface area contributed by atoms with Crippen molar-refractivity contribution in [3.8, 4) is 11.5 Å². The topological polar surface area (TPSA) is 47.6 Å². The molecule has 0 atom stereocenters. The fourth-order valence-electron chi connectivity index (χ4n) is 2.06. The third kappa shape index (κ3) is 3.63. The fourth-order valence-corrected chi connectivity index (χ4v) is 2.06. The molecule has 0 aromatic heterocycles. The second-order valence-electron chi connectivity index (χ2n) is 5.30. The number of hydrogen-bond acceptors (Lipinski definition) is 3. The molecular formula is C15H21NO3. The average Bonchev–Trinajstić information content (AvgIpc) is 2.35. The Morgan fingerprint density at radius 2 is 1.89 bits per heavy atom. The van der Waals surface area contributed by atoms with Crippen molar-refractivity contribution in [2.24, 2.45) is 5.92 Å². The summed E-state index contributed by atoms with van der Waals surface area (Å²) in [6.07, 6.45) is 0.559. The van der Waals surface area contributed by atoms with E-state index >= 15 is 0 Å². The van der Waals surface area contributed by atoms with Crippen LogP contribution in [0, 0.1) is 12.8 Å². The van der Waals surface area contributed by atoms with Gasteiger partial charge in [-0.1, -0.05) is 13.8 Å². The molecule has 1 aliphatic rings. The Hall–Kier alpha value is -1.71. The monoisotopic (exact) mass is 263 g/mol. The molecule has 0 bridgehead atoms. The average molecular weight is 263 g/mol. The van der Waals surface area contributed by atoms with Crippen molar-refractivity contribution in [2.75, 3.05) is 13.2 Å². The second-order valence-corrected chi connectivity index (χ2v) is 5.30. The van der Waals surface area contributed by atoms with Crippen LogP contribution in [0.4, 0.5) is 0 Å². The van der Waals surface area contributed by atoms with Gasteiger partial charge in [0.05, 0.1) is 0 Å². The Kier molecular flexibility index (Phi) is 4.30. The first-order valence-corrected chi connectivity index (χ1v) is 6.72. The summed E-state index contributed by atoms with van der Waals surface area (Å²) >= 11 is 0. The van der Waals surface area contributed by atoms with Crippen LogP contribution < -0.4 is 14.8 Å². The number of ether oxygens (including phenoxy) is 2. The lowest BCUT2D eigenvalue weighted by atomic mass is 10.1. The molecule has 0 radical (unpaired) electrons. The van der Waals surface area contributed by atoms with Gasteiger partial charge >= 0.3 is 0 Å². The van der Waals surface area contributed by atoms with Gasteiger partial charge in [-0.15, -0.1) is 0 Å². The Morgan fingerprint density at radius 3 is 2.53 bits per heavy atom. The molecule has 1 heterocycles. The Morgan fingerprint density at radius 1 is 1.26 bits per heavy atom. The van der Waals surface area contributed by atoms with Crippen molar-refractivity contribution in [1.82, 2.24) is 5.32 Å². The van der Waals surface area contributed by atoms with Crippen molar-refractivity contribution in [3.63, 3.8) is 0 Å². The Balaban J connectivity index is 2.02. The third-order valence-corrected chi connectivity index (χ3v) is 3.07. The molecule has 1 aromatic rings. The zero-order valence-corrected chi connectivity index (χ0v) is 11.8. The van der Waals surface area contributed by atoms with E-state index < -0.39 is 0 Å². The van der Waals surface area contributed by atoms with Crippen LogP contribution in [0.15, 0.2) is 12.1 Å². The van der Waals surface area contributed by atoms with Gasteiger partial charge in [-0.3, -0.25) is 4.79 Å². The number of carbonyl (C=O) groups is 1. The number of benzene rings is 1. The molecule has 19 heavy (non-hydrogen) atoms. The van der Waals surface area contributed by atoms with Gasteiger partial charge in [-0.2, -0.15) is 0 Å².